The lowest BCUT2D eigenvalue weighted by Crippen LogP contribution is -2.42. The smallest absolute Gasteiger partial charge is 0.326 e. The summed E-state index contributed by atoms with van der Waals surface area (Å²) in [5, 5.41) is 11.5. The molecule has 0 saturated heterocycles. The second kappa shape index (κ2) is 8.86. The van der Waals surface area contributed by atoms with Crippen molar-refractivity contribution >= 4 is 35.4 Å². The molecule has 0 heterocycles. The number of aliphatic carboxylic acids is 1. The number of carboxylic acids is 1. The van der Waals surface area contributed by atoms with Crippen molar-refractivity contribution in [1.82, 2.24) is 5.32 Å². The summed E-state index contributed by atoms with van der Waals surface area (Å²) in [5.74, 6) is -0.925. The quantitative estimate of drug-likeness (QED) is 0.720. The maximum absolute atomic E-state index is 12.7. The van der Waals surface area contributed by atoms with Gasteiger partial charge in [-0.3, -0.25) is 4.79 Å². The Morgan fingerprint density at radius 3 is 2.55 bits per heavy atom. The fourth-order valence-corrected chi connectivity index (χ4v) is 2.59. The average molecular weight is 317 g/mol. The standard InChI is InChI=1S/C13H16FNO3S2/c1-19-7-6-11(13(17)18)15-12(16)8-20-10-4-2-9(14)3-5-10/h2-5,11H,6-8H2,1H3,(H,15,16)(H,17,18)/t11-/m0/s1. The van der Waals surface area contributed by atoms with E-state index in [1.165, 1.54) is 35.7 Å². The number of nitrogens with one attached hydrogen (secondary N) is 1. The molecule has 0 spiro atoms. The van der Waals surface area contributed by atoms with Crippen LogP contribution in [0.5, 0.6) is 0 Å². The summed E-state index contributed by atoms with van der Waals surface area (Å²) < 4.78 is 12.7. The Morgan fingerprint density at radius 1 is 1.35 bits per heavy atom. The summed E-state index contributed by atoms with van der Waals surface area (Å²) in [6.45, 7) is 0. The number of benzene rings is 1. The minimum Gasteiger partial charge on any atom is -0.480 e. The van der Waals surface area contributed by atoms with Gasteiger partial charge in [-0.15, -0.1) is 11.8 Å². The number of carboxylic acid groups (broad SMARTS) is 1. The van der Waals surface area contributed by atoms with Gasteiger partial charge in [0.25, 0.3) is 0 Å². The molecular weight excluding hydrogens is 301 g/mol. The number of hydrogen-bond acceptors (Lipinski definition) is 4. The molecule has 0 aliphatic carbocycles. The van der Waals surface area contributed by atoms with E-state index in [0.29, 0.717) is 12.2 Å². The molecule has 1 atom stereocenters. The van der Waals surface area contributed by atoms with Crippen LogP contribution in [0.2, 0.25) is 0 Å². The average Bonchev–Trinajstić information content (AvgIpc) is 2.42. The van der Waals surface area contributed by atoms with Crippen molar-refractivity contribution in [3.05, 3.63) is 30.1 Å². The Kier molecular flexibility index (Phi) is 7.46. The zero-order valence-electron chi connectivity index (χ0n) is 11.0. The fraction of sp³-hybridized carbons (Fsp3) is 0.385. The van der Waals surface area contributed by atoms with Crippen molar-refractivity contribution in [2.24, 2.45) is 0 Å². The monoisotopic (exact) mass is 317 g/mol. The Labute approximate surface area is 125 Å². The van der Waals surface area contributed by atoms with Gasteiger partial charge in [-0.1, -0.05) is 0 Å². The molecule has 0 bridgehead atoms. The third-order valence-corrected chi connectivity index (χ3v) is 4.08. The van der Waals surface area contributed by atoms with Crippen LogP contribution in [-0.2, 0) is 9.59 Å². The zero-order chi connectivity index (χ0) is 15.0. The molecule has 7 heteroatoms. The highest BCUT2D eigenvalue weighted by atomic mass is 32.2. The Balaban J connectivity index is 2.41. The molecule has 1 rings (SSSR count). The maximum atomic E-state index is 12.7. The first-order valence-electron chi connectivity index (χ1n) is 5.92. The van der Waals surface area contributed by atoms with Gasteiger partial charge in [-0.25, -0.2) is 9.18 Å². The molecular formula is C13H16FNO3S2. The minimum absolute atomic E-state index is 0.106. The first-order chi connectivity index (χ1) is 9.52. The van der Waals surface area contributed by atoms with Gasteiger partial charge in [0.2, 0.25) is 5.91 Å². The lowest BCUT2D eigenvalue weighted by Gasteiger charge is -2.13. The van der Waals surface area contributed by atoms with Gasteiger partial charge in [0.1, 0.15) is 11.9 Å². The van der Waals surface area contributed by atoms with E-state index < -0.39 is 12.0 Å². The number of carbonyl (C=O) groups is 2. The Morgan fingerprint density at radius 2 is 2.00 bits per heavy atom. The molecule has 1 aromatic rings. The highest BCUT2D eigenvalue weighted by Gasteiger charge is 2.19. The van der Waals surface area contributed by atoms with Gasteiger partial charge in [0.05, 0.1) is 5.75 Å². The minimum atomic E-state index is -1.03. The maximum Gasteiger partial charge on any atom is 0.326 e. The van der Waals surface area contributed by atoms with Crippen molar-refractivity contribution in [1.29, 1.82) is 0 Å². The third kappa shape index (κ3) is 6.29. The lowest BCUT2D eigenvalue weighted by atomic mass is 10.2. The van der Waals surface area contributed by atoms with Gasteiger partial charge in [0, 0.05) is 4.90 Å². The summed E-state index contributed by atoms with van der Waals surface area (Å²) in [4.78, 5) is 23.4. The predicted octanol–water partition coefficient (Wildman–Crippen LogP) is 2.24. The predicted molar refractivity (Wildman–Crippen MR) is 79.7 cm³/mol. The van der Waals surface area contributed by atoms with E-state index in [0.717, 1.165) is 4.90 Å². The van der Waals surface area contributed by atoms with E-state index in [-0.39, 0.29) is 17.5 Å². The summed E-state index contributed by atoms with van der Waals surface area (Å²) in [7, 11) is 0. The molecule has 0 fully saturated rings. The summed E-state index contributed by atoms with van der Waals surface area (Å²) in [5.41, 5.74) is 0. The topological polar surface area (TPSA) is 66.4 Å². The molecule has 0 saturated carbocycles. The van der Waals surface area contributed by atoms with E-state index in [1.807, 2.05) is 6.26 Å². The van der Waals surface area contributed by atoms with Crippen LogP contribution < -0.4 is 5.32 Å². The highest BCUT2D eigenvalue weighted by Crippen LogP contribution is 2.17. The van der Waals surface area contributed by atoms with E-state index >= 15 is 0 Å². The summed E-state index contributed by atoms with van der Waals surface area (Å²) >= 11 is 2.77. The third-order valence-electron chi connectivity index (χ3n) is 2.43. The van der Waals surface area contributed by atoms with Crippen LogP contribution in [0, 0.1) is 5.82 Å². The molecule has 2 N–H and O–H groups in total. The SMILES string of the molecule is CSCC[C@H](NC(=O)CSc1ccc(F)cc1)C(=O)O. The van der Waals surface area contributed by atoms with Crippen LogP contribution in [-0.4, -0.2) is 40.8 Å². The number of amides is 1. The summed E-state index contributed by atoms with van der Waals surface area (Å²) in [6, 6.07) is 4.94. The van der Waals surface area contributed by atoms with Crippen LogP contribution in [0.15, 0.2) is 29.2 Å². The molecule has 0 aliphatic heterocycles. The van der Waals surface area contributed by atoms with E-state index in [1.54, 1.807) is 12.1 Å². The van der Waals surface area contributed by atoms with Gasteiger partial charge < -0.3 is 10.4 Å². The Bertz CT molecular complexity index is 453. The molecule has 0 radical (unpaired) electrons. The molecule has 20 heavy (non-hydrogen) atoms. The van der Waals surface area contributed by atoms with E-state index in [2.05, 4.69) is 5.32 Å². The highest BCUT2D eigenvalue weighted by molar-refractivity contribution is 8.00. The van der Waals surface area contributed by atoms with Crippen molar-refractivity contribution in [2.75, 3.05) is 17.8 Å². The second-order valence-electron chi connectivity index (χ2n) is 3.98. The van der Waals surface area contributed by atoms with Crippen LogP contribution in [0.1, 0.15) is 6.42 Å². The largest absolute Gasteiger partial charge is 0.480 e. The number of halogens is 1. The van der Waals surface area contributed by atoms with Crippen LogP contribution in [0.25, 0.3) is 0 Å². The van der Waals surface area contributed by atoms with Crippen molar-refractivity contribution < 1.29 is 19.1 Å². The lowest BCUT2D eigenvalue weighted by molar-refractivity contribution is -0.141. The van der Waals surface area contributed by atoms with Crippen molar-refractivity contribution in [2.45, 2.75) is 17.4 Å². The number of carbonyl (C=O) groups excluding carboxylic acids is 1. The molecule has 0 aromatic heterocycles. The summed E-state index contributed by atoms with van der Waals surface area (Å²) in [6.07, 6.45) is 2.27. The first kappa shape index (κ1) is 16.8. The molecule has 1 aromatic carbocycles. The normalized spacial score (nSPS) is 11.9. The van der Waals surface area contributed by atoms with E-state index in [4.69, 9.17) is 5.11 Å². The van der Waals surface area contributed by atoms with Gasteiger partial charge in [0.15, 0.2) is 0 Å². The number of thioether (sulfide) groups is 2. The molecule has 4 nitrogen and oxygen atoms in total. The van der Waals surface area contributed by atoms with Crippen molar-refractivity contribution in [3.63, 3.8) is 0 Å². The fourth-order valence-electron chi connectivity index (χ4n) is 1.41. The van der Waals surface area contributed by atoms with Crippen LogP contribution in [0.3, 0.4) is 0 Å². The second-order valence-corrected chi connectivity index (χ2v) is 6.02. The zero-order valence-corrected chi connectivity index (χ0v) is 12.6. The van der Waals surface area contributed by atoms with Crippen LogP contribution >= 0.6 is 23.5 Å². The molecule has 110 valence electrons. The van der Waals surface area contributed by atoms with Gasteiger partial charge >= 0.3 is 5.97 Å². The number of hydrogen-bond donors (Lipinski definition) is 2. The number of rotatable bonds is 8. The van der Waals surface area contributed by atoms with E-state index in [9.17, 15) is 14.0 Å². The molecule has 1 amide bonds. The van der Waals surface area contributed by atoms with Crippen molar-refractivity contribution in [3.8, 4) is 0 Å². The Hall–Kier alpha value is -1.21. The molecule has 0 unspecified atom stereocenters. The van der Waals surface area contributed by atoms with Gasteiger partial charge in [-0.05, 0) is 42.7 Å². The van der Waals surface area contributed by atoms with Gasteiger partial charge in [-0.2, -0.15) is 11.8 Å². The first-order valence-corrected chi connectivity index (χ1v) is 8.30. The van der Waals surface area contributed by atoms with Crippen LogP contribution in [0.4, 0.5) is 4.39 Å². The molecule has 0 aliphatic rings.